The highest BCUT2D eigenvalue weighted by atomic mass is 19.1. The van der Waals surface area contributed by atoms with Crippen molar-refractivity contribution >= 4 is 12.0 Å². The molecule has 0 aromatic heterocycles. The number of cyclic esters (lactones) is 1. The summed E-state index contributed by atoms with van der Waals surface area (Å²) in [4.78, 5) is 28.4. The zero-order valence-electron chi connectivity index (χ0n) is 19.3. The average molecular weight is 462 g/mol. The van der Waals surface area contributed by atoms with Crippen molar-refractivity contribution in [3.63, 3.8) is 0 Å². The minimum absolute atomic E-state index is 0.0939. The van der Waals surface area contributed by atoms with Crippen LogP contribution in [0.5, 0.6) is 0 Å². The van der Waals surface area contributed by atoms with Gasteiger partial charge in [-0.05, 0) is 60.6 Å². The summed E-state index contributed by atoms with van der Waals surface area (Å²) in [6.45, 7) is 2.20. The Kier molecular flexibility index (Phi) is 7.23. The molecular weight excluding hydrogens is 433 g/mol. The summed E-state index contributed by atoms with van der Waals surface area (Å²) in [5, 5.41) is 2.93. The third kappa shape index (κ3) is 5.80. The molecule has 0 bridgehead atoms. The monoisotopic (exact) mass is 461 g/mol. The molecule has 0 radical (unpaired) electrons. The van der Waals surface area contributed by atoms with E-state index in [-0.39, 0.29) is 17.8 Å². The molecule has 6 nitrogen and oxygen atoms in total. The van der Waals surface area contributed by atoms with E-state index in [1.807, 2.05) is 61.5 Å². The second kappa shape index (κ2) is 10.5. The van der Waals surface area contributed by atoms with Crippen LogP contribution in [-0.2, 0) is 11.3 Å². The van der Waals surface area contributed by atoms with Crippen LogP contribution in [0.25, 0.3) is 11.1 Å². The standard InChI is InChI=1S/C27H28FN3O3/c1-30(2)15-14-29-26(32)23-5-3-4-22(16-23)20-8-6-19(7-9-20)17-31-18-25(34-27(31)33)21-10-12-24(28)13-11-21/h3-13,16,25H,14-15,17-18H2,1-2H3,(H,29,32). The Balaban J connectivity index is 1.38. The lowest BCUT2D eigenvalue weighted by atomic mass is 10.0. The van der Waals surface area contributed by atoms with E-state index in [4.69, 9.17) is 4.74 Å². The molecule has 2 amide bonds. The minimum atomic E-state index is -0.404. The first-order valence-electron chi connectivity index (χ1n) is 11.2. The maximum Gasteiger partial charge on any atom is 0.410 e. The van der Waals surface area contributed by atoms with Gasteiger partial charge in [0.1, 0.15) is 11.9 Å². The number of nitrogens with one attached hydrogen (secondary N) is 1. The molecule has 4 rings (SSSR count). The van der Waals surface area contributed by atoms with E-state index in [0.29, 0.717) is 25.2 Å². The fourth-order valence-corrected chi connectivity index (χ4v) is 3.85. The average Bonchev–Trinajstić information content (AvgIpc) is 3.19. The van der Waals surface area contributed by atoms with Gasteiger partial charge < -0.3 is 15.0 Å². The van der Waals surface area contributed by atoms with Crippen LogP contribution in [-0.4, -0.2) is 55.5 Å². The van der Waals surface area contributed by atoms with Crippen molar-refractivity contribution in [1.82, 2.24) is 15.1 Å². The molecular formula is C27H28FN3O3. The van der Waals surface area contributed by atoms with Crippen LogP contribution in [0, 0.1) is 5.82 Å². The highest BCUT2D eigenvalue weighted by molar-refractivity contribution is 5.95. The van der Waals surface area contributed by atoms with Crippen molar-refractivity contribution in [1.29, 1.82) is 0 Å². The zero-order valence-corrected chi connectivity index (χ0v) is 19.3. The maximum atomic E-state index is 13.2. The molecule has 1 atom stereocenters. The predicted octanol–water partition coefficient (Wildman–Crippen LogP) is 4.48. The molecule has 3 aromatic rings. The second-order valence-corrected chi connectivity index (χ2v) is 8.64. The number of hydrogen-bond donors (Lipinski definition) is 1. The van der Waals surface area contributed by atoms with Crippen molar-refractivity contribution in [3.05, 3.63) is 95.3 Å². The van der Waals surface area contributed by atoms with E-state index in [9.17, 15) is 14.0 Å². The van der Waals surface area contributed by atoms with Gasteiger partial charge in [0, 0.05) is 25.2 Å². The Morgan fingerprint density at radius 1 is 1.06 bits per heavy atom. The van der Waals surface area contributed by atoms with Gasteiger partial charge in [-0.25, -0.2) is 9.18 Å². The van der Waals surface area contributed by atoms with Crippen molar-refractivity contribution in [2.45, 2.75) is 12.6 Å². The lowest BCUT2D eigenvalue weighted by Crippen LogP contribution is -2.31. The third-order valence-corrected chi connectivity index (χ3v) is 5.76. The minimum Gasteiger partial charge on any atom is -0.439 e. The summed E-state index contributed by atoms with van der Waals surface area (Å²) in [7, 11) is 3.93. The van der Waals surface area contributed by atoms with Gasteiger partial charge in [-0.3, -0.25) is 9.69 Å². The number of amides is 2. The van der Waals surface area contributed by atoms with E-state index >= 15 is 0 Å². The Bertz CT molecular complexity index is 1150. The van der Waals surface area contributed by atoms with E-state index in [0.717, 1.165) is 28.8 Å². The van der Waals surface area contributed by atoms with E-state index < -0.39 is 6.10 Å². The second-order valence-electron chi connectivity index (χ2n) is 8.64. The normalized spacial score (nSPS) is 15.5. The summed E-state index contributed by atoms with van der Waals surface area (Å²) in [5.74, 6) is -0.413. The summed E-state index contributed by atoms with van der Waals surface area (Å²) < 4.78 is 18.6. The molecule has 176 valence electrons. The Morgan fingerprint density at radius 2 is 1.79 bits per heavy atom. The number of hydrogen-bond acceptors (Lipinski definition) is 4. The van der Waals surface area contributed by atoms with Gasteiger partial charge in [0.15, 0.2) is 0 Å². The molecule has 7 heteroatoms. The van der Waals surface area contributed by atoms with Gasteiger partial charge in [0.05, 0.1) is 6.54 Å². The smallest absolute Gasteiger partial charge is 0.410 e. The summed E-state index contributed by atoms with van der Waals surface area (Å²) >= 11 is 0. The van der Waals surface area contributed by atoms with Gasteiger partial charge in [0.25, 0.3) is 5.91 Å². The van der Waals surface area contributed by atoms with E-state index in [1.165, 1.54) is 12.1 Å². The maximum absolute atomic E-state index is 13.2. The Labute approximate surface area is 198 Å². The molecule has 3 aromatic carbocycles. The number of carbonyl (C=O) groups excluding carboxylic acids is 2. The molecule has 1 unspecified atom stereocenters. The quantitative estimate of drug-likeness (QED) is 0.538. The van der Waals surface area contributed by atoms with Crippen LogP contribution < -0.4 is 5.32 Å². The number of rotatable bonds is 8. The largest absolute Gasteiger partial charge is 0.439 e. The zero-order chi connectivity index (χ0) is 24.1. The number of benzene rings is 3. The van der Waals surface area contributed by atoms with Crippen molar-refractivity contribution in [2.24, 2.45) is 0 Å². The third-order valence-electron chi connectivity index (χ3n) is 5.76. The van der Waals surface area contributed by atoms with Crippen LogP contribution in [0.3, 0.4) is 0 Å². The van der Waals surface area contributed by atoms with Crippen LogP contribution in [0.4, 0.5) is 9.18 Å². The molecule has 0 spiro atoms. The SMILES string of the molecule is CN(C)CCNC(=O)c1cccc(-c2ccc(CN3CC(c4ccc(F)cc4)OC3=O)cc2)c1. The predicted molar refractivity (Wildman–Crippen MR) is 129 cm³/mol. The van der Waals surface area contributed by atoms with Crippen molar-refractivity contribution < 1.29 is 18.7 Å². The first-order chi connectivity index (χ1) is 16.4. The molecule has 0 saturated carbocycles. The van der Waals surface area contributed by atoms with E-state index in [2.05, 4.69) is 5.32 Å². The Morgan fingerprint density at radius 3 is 2.50 bits per heavy atom. The fraction of sp³-hybridized carbons (Fsp3) is 0.259. The molecule has 1 heterocycles. The number of ether oxygens (including phenoxy) is 1. The van der Waals surface area contributed by atoms with Crippen LogP contribution in [0.2, 0.25) is 0 Å². The summed E-state index contributed by atoms with van der Waals surface area (Å²) in [6, 6.07) is 21.5. The van der Waals surface area contributed by atoms with E-state index in [1.54, 1.807) is 23.1 Å². The fourth-order valence-electron chi connectivity index (χ4n) is 3.85. The molecule has 1 aliphatic rings. The van der Waals surface area contributed by atoms with Gasteiger partial charge in [-0.2, -0.15) is 0 Å². The Hall–Kier alpha value is -3.71. The highest BCUT2D eigenvalue weighted by Gasteiger charge is 2.32. The lowest BCUT2D eigenvalue weighted by Gasteiger charge is -2.14. The number of halogens is 1. The molecule has 1 fully saturated rings. The first kappa shape index (κ1) is 23.4. The van der Waals surface area contributed by atoms with Crippen molar-refractivity contribution in [2.75, 3.05) is 33.7 Å². The van der Waals surface area contributed by atoms with Crippen molar-refractivity contribution in [3.8, 4) is 11.1 Å². The molecule has 1 N–H and O–H groups in total. The van der Waals surface area contributed by atoms with Crippen LogP contribution in [0.1, 0.15) is 27.6 Å². The van der Waals surface area contributed by atoms with Gasteiger partial charge in [-0.1, -0.05) is 48.5 Å². The summed E-state index contributed by atoms with van der Waals surface area (Å²) in [5.41, 5.74) is 4.30. The van der Waals surface area contributed by atoms with Gasteiger partial charge in [0.2, 0.25) is 0 Å². The van der Waals surface area contributed by atoms with Gasteiger partial charge >= 0.3 is 6.09 Å². The number of likely N-dealkylation sites (N-methyl/N-ethyl adjacent to an activating group) is 1. The molecule has 1 saturated heterocycles. The lowest BCUT2D eigenvalue weighted by molar-refractivity contribution is 0.0951. The topological polar surface area (TPSA) is 61.9 Å². The molecule has 1 aliphatic heterocycles. The molecule has 0 aliphatic carbocycles. The van der Waals surface area contributed by atoms with Crippen LogP contribution in [0.15, 0.2) is 72.8 Å². The number of carbonyl (C=O) groups is 2. The summed E-state index contributed by atoms with van der Waals surface area (Å²) in [6.07, 6.45) is -0.787. The van der Waals surface area contributed by atoms with Gasteiger partial charge in [-0.15, -0.1) is 0 Å². The first-order valence-corrected chi connectivity index (χ1v) is 11.2. The molecule has 34 heavy (non-hydrogen) atoms. The number of nitrogens with zero attached hydrogens (tertiary/aromatic N) is 2. The van der Waals surface area contributed by atoms with Crippen LogP contribution >= 0.6 is 0 Å². The highest BCUT2D eigenvalue weighted by Crippen LogP contribution is 2.28.